The van der Waals surface area contributed by atoms with E-state index in [1.807, 2.05) is 0 Å². The van der Waals surface area contributed by atoms with E-state index in [0.29, 0.717) is 23.0 Å². The third-order valence-corrected chi connectivity index (χ3v) is 2.09. The molecule has 0 bridgehead atoms. The first-order valence-electron chi connectivity index (χ1n) is 4.33. The standard InChI is InChI=1S/C9H11N5O/c1-14-9(11)12-8(13-14)5-2-3-6(10)7(15)4-5/h2-4,15H,10H2,1H3,(H2,11,12,13). The van der Waals surface area contributed by atoms with Crippen molar-refractivity contribution in [1.29, 1.82) is 0 Å². The van der Waals surface area contributed by atoms with Crippen LogP contribution in [0.25, 0.3) is 11.4 Å². The van der Waals surface area contributed by atoms with Crippen molar-refractivity contribution in [3.05, 3.63) is 18.2 Å². The fraction of sp³-hybridized carbons (Fsp3) is 0.111. The number of nitrogens with zero attached hydrogens (tertiary/aromatic N) is 3. The summed E-state index contributed by atoms with van der Waals surface area (Å²) < 4.78 is 1.46. The minimum absolute atomic E-state index is 0.0125. The summed E-state index contributed by atoms with van der Waals surface area (Å²) in [5.74, 6) is 0.796. The lowest BCUT2D eigenvalue weighted by Gasteiger charge is -1.99. The molecule has 6 nitrogen and oxygen atoms in total. The number of aromatic hydroxyl groups is 1. The van der Waals surface area contributed by atoms with Crippen LogP contribution in [0.3, 0.4) is 0 Å². The lowest BCUT2D eigenvalue weighted by Crippen LogP contribution is -1.97. The van der Waals surface area contributed by atoms with Crippen LogP contribution in [0.5, 0.6) is 5.75 Å². The molecule has 78 valence electrons. The number of anilines is 2. The molecule has 0 aliphatic heterocycles. The number of nitrogen functional groups attached to an aromatic ring is 2. The van der Waals surface area contributed by atoms with Crippen LogP contribution in [0.1, 0.15) is 0 Å². The summed E-state index contributed by atoms with van der Waals surface area (Å²) in [6, 6.07) is 4.82. The summed E-state index contributed by atoms with van der Waals surface area (Å²) in [4.78, 5) is 4.03. The van der Waals surface area contributed by atoms with Crippen molar-refractivity contribution in [2.24, 2.45) is 7.05 Å². The molecule has 1 aromatic heterocycles. The largest absolute Gasteiger partial charge is 0.506 e. The number of benzene rings is 1. The third-order valence-electron chi connectivity index (χ3n) is 2.09. The number of aromatic nitrogens is 3. The van der Waals surface area contributed by atoms with Gasteiger partial charge in [0.25, 0.3) is 0 Å². The Labute approximate surface area is 86.2 Å². The minimum atomic E-state index is 0.0125. The van der Waals surface area contributed by atoms with Gasteiger partial charge in [0.05, 0.1) is 5.69 Å². The number of phenols is 1. The monoisotopic (exact) mass is 205 g/mol. The maximum atomic E-state index is 9.42. The van der Waals surface area contributed by atoms with E-state index in [1.54, 1.807) is 19.2 Å². The summed E-state index contributed by atoms with van der Waals surface area (Å²) in [5, 5.41) is 13.5. The molecular weight excluding hydrogens is 194 g/mol. The fourth-order valence-corrected chi connectivity index (χ4v) is 1.20. The number of hydrogen-bond acceptors (Lipinski definition) is 5. The van der Waals surface area contributed by atoms with Gasteiger partial charge in [0.2, 0.25) is 5.95 Å². The Hall–Kier alpha value is -2.24. The first-order valence-corrected chi connectivity index (χ1v) is 4.33. The Balaban J connectivity index is 2.49. The number of rotatable bonds is 1. The first-order chi connectivity index (χ1) is 7.08. The van der Waals surface area contributed by atoms with E-state index in [4.69, 9.17) is 11.5 Å². The Morgan fingerprint density at radius 2 is 2.07 bits per heavy atom. The van der Waals surface area contributed by atoms with Crippen LogP contribution >= 0.6 is 0 Å². The highest BCUT2D eigenvalue weighted by molar-refractivity contribution is 5.65. The van der Waals surface area contributed by atoms with E-state index >= 15 is 0 Å². The Bertz CT molecular complexity index is 486. The van der Waals surface area contributed by atoms with Crippen LogP contribution in [-0.4, -0.2) is 19.9 Å². The SMILES string of the molecule is Cn1nc(-c2ccc(N)c(O)c2)nc1N. The molecule has 1 heterocycles. The molecule has 5 N–H and O–H groups in total. The van der Waals surface area contributed by atoms with Gasteiger partial charge < -0.3 is 16.6 Å². The lowest BCUT2D eigenvalue weighted by molar-refractivity contribution is 0.478. The maximum Gasteiger partial charge on any atom is 0.218 e. The van der Waals surface area contributed by atoms with Gasteiger partial charge in [-0.1, -0.05) is 0 Å². The lowest BCUT2D eigenvalue weighted by atomic mass is 10.2. The molecule has 2 rings (SSSR count). The van der Waals surface area contributed by atoms with Crippen molar-refractivity contribution in [2.75, 3.05) is 11.5 Å². The molecule has 0 spiro atoms. The highest BCUT2D eigenvalue weighted by atomic mass is 16.3. The summed E-state index contributed by atoms with van der Waals surface area (Å²) in [5.41, 5.74) is 12.0. The van der Waals surface area contributed by atoms with E-state index in [-0.39, 0.29) is 5.75 Å². The molecule has 1 aromatic carbocycles. The van der Waals surface area contributed by atoms with E-state index in [9.17, 15) is 5.11 Å². The number of hydrogen-bond donors (Lipinski definition) is 3. The van der Waals surface area contributed by atoms with Crippen molar-refractivity contribution in [3.8, 4) is 17.1 Å². The van der Waals surface area contributed by atoms with Crippen LogP contribution < -0.4 is 11.5 Å². The van der Waals surface area contributed by atoms with Gasteiger partial charge in [0.15, 0.2) is 5.82 Å². The summed E-state index contributed by atoms with van der Waals surface area (Å²) >= 11 is 0. The molecule has 0 unspecified atom stereocenters. The van der Waals surface area contributed by atoms with E-state index in [2.05, 4.69) is 10.1 Å². The van der Waals surface area contributed by atoms with Crippen molar-refractivity contribution < 1.29 is 5.11 Å². The topological polar surface area (TPSA) is 103 Å². The molecular formula is C9H11N5O. The molecule has 6 heteroatoms. The quantitative estimate of drug-likeness (QED) is 0.460. The summed E-state index contributed by atoms with van der Waals surface area (Å²) in [7, 11) is 1.70. The minimum Gasteiger partial charge on any atom is -0.506 e. The molecule has 0 radical (unpaired) electrons. The fourth-order valence-electron chi connectivity index (χ4n) is 1.20. The van der Waals surface area contributed by atoms with Crippen LogP contribution in [-0.2, 0) is 7.05 Å². The second kappa shape index (κ2) is 3.16. The van der Waals surface area contributed by atoms with Crippen molar-refractivity contribution in [2.45, 2.75) is 0 Å². The Morgan fingerprint density at radius 3 is 2.60 bits per heavy atom. The zero-order valence-electron chi connectivity index (χ0n) is 8.18. The van der Waals surface area contributed by atoms with Crippen molar-refractivity contribution in [3.63, 3.8) is 0 Å². The van der Waals surface area contributed by atoms with Gasteiger partial charge in [0.1, 0.15) is 5.75 Å². The van der Waals surface area contributed by atoms with Gasteiger partial charge in [0, 0.05) is 12.6 Å². The van der Waals surface area contributed by atoms with Gasteiger partial charge >= 0.3 is 0 Å². The van der Waals surface area contributed by atoms with Crippen LogP contribution in [0.15, 0.2) is 18.2 Å². The molecule has 15 heavy (non-hydrogen) atoms. The van der Waals surface area contributed by atoms with E-state index < -0.39 is 0 Å². The second-order valence-corrected chi connectivity index (χ2v) is 3.19. The maximum absolute atomic E-state index is 9.42. The zero-order valence-corrected chi connectivity index (χ0v) is 8.18. The van der Waals surface area contributed by atoms with Crippen LogP contribution in [0.4, 0.5) is 11.6 Å². The van der Waals surface area contributed by atoms with Gasteiger partial charge in [-0.05, 0) is 18.2 Å². The summed E-state index contributed by atoms with van der Waals surface area (Å²) in [6.07, 6.45) is 0. The van der Waals surface area contributed by atoms with Crippen LogP contribution in [0.2, 0.25) is 0 Å². The van der Waals surface area contributed by atoms with Gasteiger partial charge in [-0.15, -0.1) is 5.10 Å². The molecule has 0 fully saturated rings. The molecule has 0 aliphatic carbocycles. The average molecular weight is 205 g/mol. The predicted molar refractivity (Wildman–Crippen MR) is 56.9 cm³/mol. The molecule has 2 aromatic rings. The number of phenolic OH excluding ortho intramolecular Hbond substituents is 1. The number of nitrogens with two attached hydrogens (primary N) is 2. The molecule has 0 aliphatic rings. The Kier molecular flexibility index (Phi) is 1.96. The van der Waals surface area contributed by atoms with E-state index in [0.717, 1.165) is 0 Å². The normalized spacial score (nSPS) is 10.5. The smallest absolute Gasteiger partial charge is 0.218 e. The average Bonchev–Trinajstić information content (AvgIpc) is 2.52. The summed E-state index contributed by atoms with van der Waals surface area (Å²) in [6.45, 7) is 0. The molecule has 0 saturated heterocycles. The van der Waals surface area contributed by atoms with E-state index in [1.165, 1.54) is 10.7 Å². The number of aryl methyl sites for hydroxylation is 1. The molecule has 0 atom stereocenters. The van der Waals surface area contributed by atoms with Crippen molar-refractivity contribution >= 4 is 11.6 Å². The molecule has 0 amide bonds. The highest BCUT2D eigenvalue weighted by Gasteiger charge is 2.08. The van der Waals surface area contributed by atoms with Crippen LogP contribution in [0, 0.1) is 0 Å². The van der Waals surface area contributed by atoms with Gasteiger partial charge in [-0.25, -0.2) is 4.68 Å². The second-order valence-electron chi connectivity index (χ2n) is 3.19. The first kappa shape index (κ1) is 9.32. The highest BCUT2D eigenvalue weighted by Crippen LogP contribution is 2.26. The van der Waals surface area contributed by atoms with Crippen molar-refractivity contribution in [1.82, 2.24) is 14.8 Å². The molecule has 0 saturated carbocycles. The van der Waals surface area contributed by atoms with Gasteiger partial charge in [-0.3, -0.25) is 0 Å². The predicted octanol–water partition coefficient (Wildman–Crippen LogP) is 0.352. The van der Waals surface area contributed by atoms with Gasteiger partial charge in [-0.2, -0.15) is 4.98 Å². The third kappa shape index (κ3) is 1.56. The zero-order chi connectivity index (χ0) is 11.0. The Morgan fingerprint density at radius 1 is 1.33 bits per heavy atom.